The van der Waals surface area contributed by atoms with Crippen LogP contribution in [-0.4, -0.2) is 53.7 Å². The number of rotatable bonds is 5. The number of hydrogen-bond donors (Lipinski definition) is 3. The molecule has 0 aliphatic heterocycles. The van der Waals surface area contributed by atoms with Crippen LogP contribution in [0.5, 0.6) is 5.75 Å². The first-order valence-electron chi connectivity index (χ1n) is 5.78. The molecule has 3 N–H and O–H groups in total. The van der Waals surface area contributed by atoms with E-state index in [-0.39, 0.29) is 17.1 Å². The first kappa shape index (κ1) is 16.4. The topological polar surface area (TPSA) is 115 Å². The smallest absolute Gasteiger partial charge is 0.339 e. The average molecular weight is 303 g/mol. The predicted molar refractivity (Wildman–Crippen MR) is 71.3 cm³/mol. The summed E-state index contributed by atoms with van der Waals surface area (Å²) in [7, 11) is -2.66. The Bertz CT molecular complexity index is 625. The minimum absolute atomic E-state index is 0.212. The fraction of sp³-hybridized carbons (Fsp3) is 0.417. The van der Waals surface area contributed by atoms with Crippen LogP contribution in [0.4, 0.5) is 0 Å². The summed E-state index contributed by atoms with van der Waals surface area (Å²) in [6.45, 7) is 2.61. The van der Waals surface area contributed by atoms with Gasteiger partial charge in [0.05, 0.1) is 11.5 Å². The number of carboxylic acids is 1. The highest BCUT2D eigenvalue weighted by Crippen LogP contribution is 2.27. The summed E-state index contributed by atoms with van der Waals surface area (Å²) in [5, 5.41) is 27.5. The SMILES string of the molecule is Cc1cc(O)c(C(=O)O)cc1S(=O)(=O)N(C)C(C)CO. The van der Waals surface area contributed by atoms with Crippen LogP contribution in [0.2, 0.25) is 0 Å². The Labute approximate surface area is 117 Å². The lowest BCUT2D eigenvalue weighted by Crippen LogP contribution is -2.37. The lowest BCUT2D eigenvalue weighted by Gasteiger charge is -2.23. The molecule has 0 bridgehead atoms. The number of carbonyl (C=O) groups is 1. The lowest BCUT2D eigenvalue weighted by atomic mass is 10.1. The summed E-state index contributed by atoms with van der Waals surface area (Å²) in [6.07, 6.45) is 0. The Morgan fingerprint density at radius 3 is 2.40 bits per heavy atom. The summed E-state index contributed by atoms with van der Waals surface area (Å²) in [4.78, 5) is 10.8. The van der Waals surface area contributed by atoms with Gasteiger partial charge in [0.25, 0.3) is 0 Å². The third kappa shape index (κ3) is 2.92. The molecule has 0 fully saturated rings. The fourth-order valence-electron chi connectivity index (χ4n) is 1.63. The van der Waals surface area contributed by atoms with Gasteiger partial charge in [-0.1, -0.05) is 0 Å². The Morgan fingerprint density at radius 2 is 1.95 bits per heavy atom. The second-order valence-corrected chi connectivity index (χ2v) is 6.46. The number of likely N-dealkylation sites (N-methyl/N-ethyl adjacent to an activating group) is 1. The second kappa shape index (κ2) is 5.78. The monoisotopic (exact) mass is 303 g/mol. The minimum atomic E-state index is -3.95. The number of aliphatic hydroxyl groups is 1. The summed E-state index contributed by atoms with van der Waals surface area (Å²) in [5.74, 6) is -1.91. The minimum Gasteiger partial charge on any atom is -0.507 e. The third-order valence-corrected chi connectivity index (χ3v) is 5.18. The van der Waals surface area contributed by atoms with Crippen molar-refractivity contribution in [3.63, 3.8) is 0 Å². The molecule has 1 aromatic rings. The van der Waals surface area contributed by atoms with Crippen LogP contribution >= 0.6 is 0 Å². The molecule has 0 amide bonds. The maximum Gasteiger partial charge on any atom is 0.339 e. The van der Waals surface area contributed by atoms with Crippen molar-refractivity contribution >= 4 is 16.0 Å². The first-order chi connectivity index (χ1) is 9.12. The maximum absolute atomic E-state index is 12.4. The van der Waals surface area contributed by atoms with Crippen molar-refractivity contribution in [3.05, 3.63) is 23.3 Å². The molecule has 0 aliphatic carbocycles. The van der Waals surface area contributed by atoms with Crippen molar-refractivity contribution in [2.24, 2.45) is 0 Å². The first-order valence-corrected chi connectivity index (χ1v) is 7.22. The van der Waals surface area contributed by atoms with E-state index in [4.69, 9.17) is 10.2 Å². The van der Waals surface area contributed by atoms with E-state index in [1.54, 1.807) is 0 Å². The van der Waals surface area contributed by atoms with E-state index in [0.717, 1.165) is 16.4 Å². The molecule has 20 heavy (non-hydrogen) atoms. The van der Waals surface area contributed by atoms with Crippen LogP contribution in [0, 0.1) is 6.92 Å². The van der Waals surface area contributed by atoms with Crippen molar-refractivity contribution < 1.29 is 28.5 Å². The number of benzene rings is 1. The largest absolute Gasteiger partial charge is 0.507 e. The van der Waals surface area contributed by atoms with Crippen LogP contribution in [0.25, 0.3) is 0 Å². The number of carboxylic acid groups (broad SMARTS) is 1. The Hall–Kier alpha value is -1.64. The van der Waals surface area contributed by atoms with Gasteiger partial charge in [0.1, 0.15) is 11.3 Å². The van der Waals surface area contributed by atoms with E-state index >= 15 is 0 Å². The normalized spacial score (nSPS) is 13.4. The van der Waals surface area contributed by atoms with Gasteiger partial charge in [-0.05, 0) is 31.5 Å². The third-order valence-electron chi connectivity index (χ3n) is 3.07. The van der Waals surface area contributed by atoms with Gasteiger partial charge in [-0.25, -0.2) is 13.2 Å². The summed E-state index contributed by atoms with van der Waals surface area (Å²) in [6, 6.07) is 1.36. The van der Waals surface area contributed by atoms with Crippen molar-refractivity contribution in [1.82, 2.24) is 4.31 Å². The van der Waals surface area contributed by atoms with E-state index in [9.17, 15) is 18.3 Å². The zero-order valence-electron chi connectivity index (χ0n) is 11.4. The number of nitrogens with zero attached hydrogens (tertiary/aromatic N) is 1. The van der Waals surface area contributed by atoms with E-state index in [0.29, 0.717) is 0 Å². The van der Waals surface area contributed by atoms with Crippen LogP contribution in [0.15, 0.2) is 17.0 Å². The van der Waals surface area contributed by atoms with E-state index in [2.05, 4.69) is 0 Å². The summed E-state index contributed by atoms with van der Waals surface area (Å²) < 4.78 is 25.7. The lowest BCUT2D eigenvalue weighted by molar-refractivity contribution is 0.0693. The zero-order chi connectivity index (χ0) is 15.7. The highest BCUT2D eigenvalue weighted by Gasteiger charge is 2.28. The molecule has 1 atom stereocenters. The molecule has 0 saturated heterocycles. The summed E-state index contributed by atoms with van der Waals surface area (Å²) >= 11 is 0. The molecule has 8 heteroatoms. The molecule has 0 aliphatic rings. The Kier molecular flexibility index (Phi) is 4.74. The van der Waals surface area contributed by atoms with Gasteiger partial charge in [-0.15, -0.1) is 0 Å². The predicted octanol–water partition coefficient (Wildman–Crippen LogP) is 0.400. The molecule has 1 aromatic carbocycles. The number of aromatic hydroxyl groups is 1. The van der Waals surface area contributed by atoms with Gasteiger partial charge < -0.3 is 15.3 Å². The van der Waals surface area contributed by atoms with Crippen LogP contribution in [0.3, 0.4) is 0 Å². The van der Waals surface area contributed by atoms with Crippen molar-refractivity contribution in [2.75, 3.05) is 13.7 Å². The van der Waals surface area contributed by atoms with Gasteiger partial charge in [0, 0.05) is 13.1 Å². The number of aryl methyl sites for hydroxylation is 1. The van der Waals surface area contributed by atoms with Gasteiger partial charge in [0.15, 0.2) is 0 Å². The zero-order valence-corrected chi connectivity index (χ0v) is 12.2. The molecule has 0 radical (unpaired) electrons. The Morgan fingerprint density at radius 1 is 1.40 bits per heavy atom. The number of hydrogen-bond acceptors (Lipinski definition) is 5. The number of aliphatic hydroxyl groups excluding tert-OH is 1. The molecular formula is C12H17NO6S. The van der Waals surface area contributed by atoms with Crippen molar-refractivity contribution in [3.8, 4) is 5.75 Å². The van der Waals surface area contributed by atoms with Crippen LogP contribution < -0.4 is 0 Å². The Balaban J connectivity index is 3.46. The number of sulfonamides is 1. The number of aromatic carboxylic acids is 1. The average Bonchev–Trinajstić information content (AvgIpc) is 2.35. The highest BCUT2D eigenvalue weighted by molar-refractivity contribution is 7.89. The van der Waals surface area contributed by atoms with Crippen molar-refractivity contribution in [2.45, 2.75) is 24.8 Å². The molecule has 0 heterocycles. The van der Waals surface area contributed by atoms with E-state index < -0.39 is 33.3 Å². The van der Waals surface area contributed by atoms with Gasteiger partial charge in [-0.2, -0.15) is 4.31 Å². The molecular weight excluding hydrogens is 286 g/mol. The van der Waals surface area contributed by atoms with Gasteiger partial charge in [-0.3, -0.25) is 0 Å². The molecule has 7 nitrogen and oxygen atoms in total. The highest BCUT2D eigenvalue weighted by atomic mass is 32.2. The second-order valence-electron chi connectivity index (χ2n) is 4.49. The molecule has 1 unspecified atom stereocenters. The van der Waals surface area contributed by atoms with E-state index in [1.807, 2.05) is 0 Å². The quantitative estimate of drug-likeness (QED) is 0.725. The molecule has 0 saturated carbocycles. The molecule has 1 rings (SSSR count). The summed E-state index contributed by atoms with van der Waals surface area (Å²) in [5.41, 5.74) is -0.260. The van der Waals surface area contributed by atoms with Crippen molar-refractivity contribution in [1.29, 1.82) is 0 Å². The van der Waals surface area contributed by atoms with Crippen LogP contribution in [-0.2, 0) is 10.0 Å². The van der Waals surface area contributed by atoms with E-state index in [1.165, 1.54) is 20.9 Å². The molecule has 0 aromatic heterocycles. The number of phenols is 1. The molecule has 112 valence electrons. The van der Waals surface area contributed by atoms with Gasteiger partial charge >= 0.3 is 5.97 Å². The standard InChI is InChI=1S/C12H17NO6S/c1-7-4-10(15)9(12(16)17)5-11(7)20(18,19)13(3)8(2)6-14/h4-5,8,14-15H,6H2,1-3H3,(H,16,17). The maximum atomic E-state index is 12.4. The van der Waals surface area contributed by atoms with Gasteiger partial charge in [0.2, 0.25) is 10.0 Å². The van der Waals surface area contributed by atoms with Crippen LogP contribution in [0.1, 0.15) is 22.8 Å². The fourth-order valence-corrected chi connectivity index (χ4v) is 3.21. The molecule has 0 spiro atoms.